The lowest BCUT2D eigenvalue weighted by atomic mass is 9.82. The number of amides is 3. The van der Waals surface area contributed by atoms with E-state index in [0.29, 0.717) is 23.2 Å². The van der Waals surface area contributed by atoms with Crippen molar-refractivity contribution in [1.82, 2.24) is 40.5 Å². The van der Waals surface area contributed by atoms with E-state index in [0.717, 1.165) is 80.4 Å². The van der Waals surface area contributed by atoms with Gasteiger partial charge in [0.2, 0.25) is 17.7 Å². The first kappa shape index (κ1) is 43.4. The molecule has 4 aromatic rings. The molecule has 4 atom stereocenters. The van der Waals surface area contributed by atoms with Crippen LogP contribution in [-0.4, -0.2) is 115 Å². The number of aromatic hydroxyl groups is 1. The maximum atomic E-state index is 14.2. The Hall–Kier alpha value is -5.29. The Morgan fingerprint density at radius 2 is 1.69 bits per heavy atom. The zero-order chi connectivity index (χ0) is 43.7. The number of para-hydroxylation sites is 1. The number of nitrogens with zero attached hydrogens (tertiary/aromatic N) is 5. The van der Waals surface area contributed by atoms with Gasteiger partial charge in [-0.1, -0.05) is 51.0 Å². The summed E-state index contributed by atoms with van der Waals surface area (Å²) in [4.78, 5) is 51.6. The van der Waals surface area contributed by atoms with E-state index in [9.17, 15) is 24.6 Å². The van der Waals surface area contributed by atoms with Crippen LogP contribution in [0.25, 0.3) is 22.3 Å². The summed E-state index contributed by atoms with van der Waals surface area (Å²) in [5, 5.41) is 37.2. The summed E-state index contributed by atoms with van der Waals surface area (Å²) in [7, 11) is 0. The van der Waals surface area contributed by atoms with E-state index in [1.54, 1.807) is 6.07 Å². The molecule has 0 radical (unpaired) electrons. The molecule has 1 saturated carbocycles. The van der Waals surface area contributed by atoms with Gasteiger partial charge >= 0.3 is 0 Å². The fourth-order valence-electron chi connectivity index (χ4n) is 10.5. The molecule has 5 N–H and O–H groups in total. The zero-order valence-corrected chi connectivity index (χ0v) is 36.6. The Bertz CT molecular complexity index is 2300. The maximum Gasteiger partial charge on any atom is 0.246 e. The number of hydrogen-bond acceptors (Lipinski definition) is 9. The number of nitrogens with one attached hydrogen (secondary N) is 3. The van der Waals surface area contributed by atoms with Crippen molar-refractivity contribution < 1.29 is 24.6 Å². The average Bonchev–Trinajstić information content (AvgIpc) is 3.85. The maximum absolute atomic E-state index is 14.2. The molecule has 13 nitrogen and oxygen atoms in total. The monoisotopic (exact) mass is 842 g/mol. The second kappa shape index (κ2) is 18.2. The van der Waals surface area contributed by atoms with Crippen molar-refractivity contribution in [3.05, 3.63) is 77.0 Å². The fourth-order valence-corrected chi connectivity index (χ4v) is 10.5. The number of fused-ring (bicyclic) bond motifs is 3. The number of H-pyrrole nitrogens is 1. The third-order valence-corrected chi connectivity index (χ3v) is 14.0. The third-order valence-electron chi connectivity index (χ3n) is 14.0. The van der Waals surface area contributed by atoms with Crippen molar-refractivity contribution in [2.45, 2.75) is 116 Å². The standard InChI is InChI=1S/C49H62N8O5/c1-6-31-11-13-32(14-12-31)27-50-47(61)41-25-36(58)29-57(41)48(62)44(49(3,4)5)52-46(60)34-19-22-55(23-20-34)28-33-15-17-35(18-16-33)56-24-21-39-43(30(56)2)38-26-40(53-54-45(38)51-39)37-9-7-8-10-42(37)59/h1,7-14,26,30,33-36,41,44,58-59H,15-25,27-29H2,2-5H3,(H,50,61)(H,51,54)(H,52,60)/t30-,33-,35-,36-,41+,44-/m1/s1. The SMILES string of the molecule is C#Cc1ccc(CNC(=O)[C@@H]2C[C@@H](O)CN2C(=O)[C@@H](NC(=O)C2CCN(C[C@H]3CC[C@H](N4CCc5[nH]c6nnc(-c7ccccc7O)cc6c5[C@H]4C)CC3)CC2)C(C)(C)C)cc1. The first-order chi connectivity index (χ1) is 29.8. The minimum Gasteiger partial charge on any atom is -0.507 e. The highest BCUT2D eigenvalue weighted by Gasteiger charge is 2.45. The minimum atomic E-state index is -0.847. The molecule has 13 heteroatoms. The number of rotatable bonds is 10. The summed E-state index contributed by atoms with van der Waals surface area (Å²) in [6.07, 6.45) is 11.9. The predicted octanol–water partition coefficient (Wildman–Crippen LogP) is 5.31. The van der Waals surface area contributed by atoms with Gasteiger partial charge in [0, 0.05) is 79.2 Å². The second-order valence-corrected chi connectivity index (χ2v) is 19.2. The van der Waals surface area contributed by atoms with E-state index in [1.807, 2.05) is 63.2 Å². The molecular formula is C49H62N8O5. The molecule has 0 unspecified atom stereocenters. The van der Waals surface area contributed by atoms with Gasteiger partial charge in [-0.15, -0.1) is 16.6 Å². The number of phenols is 1. The highest BCUT2D eigenvalue weighted by atomic mass is 16.3. The number of likely N-dealkylation sites (tertiary alicyclic amines) is 2. The van der Waals surface area contributed by atoms with Crippen LogP contribution in [0.2, 0.25) is 0 Å². The Labute approximate surface area is 365 Å². The minimum absolute atomic E-state index is 0.0387. The number of carbonyl (C=O) groups excluding carboxylic acids is 3. The molecule has 0 spiro atoms. The number of hydrogen-bond donors (Lipinski definition) is 5. The first-order valence-corrected chi connectivity index (χ1v) is 22.5. The summed E-state index contributed by atoms with van der Waals surface area (Å²) in [5.74, 6) is 2.40. The summed E-state index contributed by atoms with van der Waals surface area (Å²) in [6.45, 7) is 12.1. The summed E-state index contributed by atoms with van der Waals surface area (Å²) in [6, 6.07) is 15.8. The number of aromatic nitrogens is 3. The van der Waals surface area contributed by atoms with Gasteiger partial charge in [-0.3, -0.25) is 19.3 Å². The molecule has 3 amide bonds. The number of terminal acetylenes is 1. The quantitative estimate of drug-likeness (QED) is 0.133. The van der Waals surface area contributed by atoms with Crippen molar-refractivity contribution >= 4 is 28.8 Å². The molecule has 3 fully saturated rings. The largest absolute Gasteiger partial charge is 0.507 e. The number of aliphatic hydroxyl groups excluding tert-OH is 1. The van der Waals surface area contributed by atoms with E-state index < -0.39 is 23.6 Å². The molecule has 8 rings (SSSR count). The number of phenolic OH excluding ortho intramolecular Hbond substituents is 1. The van der Waals surface area contributed by atoms with Gasteiger partial charge in [0.05, 0.1) is 11.8 Å². The average molecular weight is 843 g/mol. The molecule has 62 heavy (non-hydrogen) atoms. The highest BCUT2D eigenvalue weighted by Crippen LogP contribution is 2.41. The lowest BCUT2D eigenvalue weighted by Crippen LogP contribution is -2.58. The molecule has 2 saturated heterocycles. The van der Waals surface area contributed by atoms with E-state index in [-0.39, 0.29) is 54.9 Å². The van der Waals surface area contributed by atoms with Crippen molar-refractivity contribution in [2.75, 3.05) is 32.7 Å². The van der Waals surface area contributed by atoms with Crippen LogP contribution in [0.1, 0.15) is 101 Å². The Morgan fingerprint density at radius 1 is 0.968 bits per heavy atom. The highest BCUT2D eigenvalue weighted by molar-refractivity contribution is 5.93. The first-order valence-electron chi connectivity index (χ1n) is 22.5. The van der Waals surface area contributed by atoms with E-state index in [2.05, 4.69) is 54.5 Å². The second-order valence-electron chi connectivity index (χ2n) is 19.2. The van der Waals surface area contributed by atoms with Gasteiger partial charge in [0.15, 0.2) is 5.65 Å². The molecule has 2 aromatic heterocycles. The van der Waals surface area contributed by atoms with Gasteiger partial charge < -0.3 is 35.6 Å². The van der Waals surface area contributed by atoms with E-state index in [1.165, 1.54) is 29.0 Å². The van der Waals surface area contributed by atoms with Gasteiger partial charge in [-0.25, -0.2) is 0 Å². The fraction of sp³-hybridized carbons (Fsp3) is 0.531. The zero-order valence-electron chi connectivity index (χ0n) is 36.6. The number of piperidine rings is 1. The van der Waals surface area contributed by atoms with Gasteiger partial charge in [-0.05, 0) is 111 Å². The summed E-state index contributed by atoms with van der Waals surface area (Å²) in [5.41, 5.74) is 5.70. The number of benzene rings is 2. The van der Waals surface area contributed by atoms with E-state index >= 15 is 0 Å². The van der Waals surface area contributed by atoms with Crippen LogP contribution in [0.5, 0.6) is 5.75 Å². The van der Waals surface area contributed by atoms with Gasteiger partial charge in [0.1, 0.15) is 17.8 Å². The van der Waals surface area contributed by atoms with Crippen molar-refractivity contribution in [1.29, 1.82) is 0 Å². The molecule has 0 bridgehead atoms. The van der Waals surface area contributed by atoms with Crippen LogP contribution >= 0.6 is 0 Å². The van der Waals surface area contributed by atoms with E-state index in [4.69, 9.17) is 6.42 Å². The molecule has 1 aliphatic carbocycles. The lowest BCUT2D eigenvalue weighted by Gasteiger charge is -2.43. The van der Waals surface area contributed by atoms with Gasteiger partial charge in [-0.2, -0.15) is 0 Å². The third kappa shape index (κ3) is 9.24. The van der Waals surface area contributed by atoms with Crippen LogP contribution in [0.4, 0.5) is 0 Å². The number of aliphatic hydroxyl groups is 1. The normalized spacial score (nSPS) is 24.3. The molecule has 4 aliphatic rings. The topological polar surface area (TPSA) is 167 Å². The predicted molar refractivity (Wildman–Crippen MR) is 238 cm³/mol. The van der Waals surface area contributed by atoms with Crippen molar-refractivity contribution in [3.63, 3.8) is 0 Å². The Balaban J connectivity index is 0.814. The molecular weight excluding hydrogens is 781 g/mol. The Kier molecular flexibility index (Phi) is 12.7. The summed E-state index contributed by atoms with van der Waals surface area (Å²) >= 11 is 0. The Morgan fingerprint density at radius 3 is 2.39 bits per heavy atom. The molecule has 5 heterocycles. The molecule has 3 aliphatic heterocycles. The van der Waals surface area contributed by atoms with Crippen LogP contribution in [0.15, 0.2) is 54.6 Å². The van der Waals surface area contributed by atoms with Crippen molar-refractivity contribution in [3.8, 4) is 29.4 Å². The molecule has 2 aromatic carbocycles. The van der Waals surface area contributed by atoms with Crippen LogP contribution < -0.4 is 10.6 Å². The number of carbonyl (C=O) groups is 3. The van der Waals surface area contributed by atoms with Crippen LogP contribution in [-0.2, 0) is 27.3 Å². The van der Waals surface area contributed by atoms with Crippen LogP contribution in [0, 0.1) is 29.6 Å². The smallest absolute Gasteiger partial charge is 0.246 e. The number of aromatic amines is 1. The van der Waals surface area contributed by atoms with Crippen molar-refractivity contribution in [2.24, 2.45) is 17.3 Å². The lowest BCUT2D eigenvalue weighted by molar-refractivity contribution is -0.144. The van der Waals surface area contributed by atoms with Crippen LogP contribution in [0.3, 0.4) is 0 Å². The molecule has 328 valence electrons. The van der Waals surface area contributed by atoms with Gasteiger partial charge in [0.25, 0.3) is 0 Å². The number of β-amino-alcohol motifs (C(OH)–C–C–N with tert-alkyl or cyclic N) is 1. The summed E-state index contributed by atoms with van der Waals surface area (Å²) < 4.78 is 0.